The number of ketones is 1. The van der Waals surface area contributed by atoms with Crippen LogP contribution in [0.5, 0.6) is 0 Å². The summed E-state index contributed by atoms with van der Waals surface area (Å²) in [5.74, 6) is -5.96. The number of nitrogens with one attached hydrogen (secondary N) is 1. The summed E-state index contributed by atoms with van der Waals surface area (Å²) in [5.41, 5.74) is -1.91. The summed E-state index contributed by atoms with van der Waals surface area (Å²) in [6.07, 6.45) is 7.11. The molecule has 5 rings (SSSR count). The lowest BCUT2D eigenvalue weighted by Crippen LogP contribution is -2.65. The Hall–Kier alpha value is -1.93. The third-order valence-electron chi connectivity index (χ3n) is 15.5. The van der Waals surface area contributed by atoms with E-state index in [2.05, 4.69) is 26.1 Å². The number of carbonyl (C=O) groups is 3. The summed E-state index contributed by atoms with van der Waals surface area (Å²) in [6.45, 7) is 25.8. The van der Waals surface area contributed by atoms with Crippen molar-refractivity contribution in [3.63, 3.8) is 0 Å². The molecule has 60 heavy (non-hydrogen) atoms. The van der Waals surface area contributed by atoms with Crippen LogP contribution in [0.2, 0.25) is 0 Å². The van der Waals surface area contributed by atoms with Crippen molar-refractivity contribution in [1.29, 1.82) is 0 Å². The molecule has 5 aliphatic heterocycles. The molecule has 5 aliphatic rings. The van der Waals surface area contributed by atoms with Gasteiger partial charge in [0.05, 0.1) is 53.7 Å². The number of amides is 1. The van der Waals surface area contributed by atoms with E-state index in [-0.39, 0.29) is 53.2 Å². The number of hydrogen-bond acceptors (Lipinski definition) is 10. The number of carboxylic acid groups (broad SMARTS) is 1. The van der Waals surface area contributed by atoms with Crippen LogP contribution in [-0.4, -0.2) is 98.4 Å². The first-order valence-electron chi connectivity index (χ1n) is 23.4. The van der Waals surface area contributed by atoms with Gasteiger partial charge in [-0.1, -0.05) is 82.2 Å². The van der Waals surface area contributed by atoms with Crippen LogP contribution in [0.15, 0.2) is 12.2 Å². The number of aliphatic hydroxyl groups excluding tert-OH is 1. The molecule has 4 N–H and O–H groups in total. The van der Waals surface area contributed by atoms with Crippen LogP contribution in [0.25, 0.3) is 0 Å². The van der Waals surface area contributed by atoms with Crippen LogP contribution >= 0.6 is 0 Å². The molecule has 0 radical (unpaired) electrons. The molecule has 12 nitrogen and oxygen atoms in total. The van der Waals surface area contributed by atoms with Gasteiger partial charge in [0.25, 0.3) is 0 Å². The highest BCUT2D eigenvalue weighted by molar-refractivity contribution is 5.84. The Morgan fingerprint density at radius 1 is 0.883 bits per heavy atom. The second-order valence-electron chi connectivity index (χ2n) is 21.3. The van der Waals surface area contributed by atoms with Crippen LogP contribution in [-0.2, 0) is 38.1 Å². The summed E-state index contributed by atoms with van der Waals surface area (Å²) >= 11 is 0. The number of Topliss-reactive ketones (excluding diaryl/α,β-unsaturated/α-hetero) is 1. The van der Waals surface area contributed by atoms with Crippen LogP contribution in [0.4, 0.5) is 0 Å². The molecule has 2 spiro atoms. The highest BCUT2D eigenvalue weighted by atomic mass is 16.8. The Morgan fingerprint density at radius 2 is 1.55 bits per heavy atom. The Kier molecular flexibility index (Phi) is 15.3. The van der Waals surface area contributed by atoms with Gasteiger partial charge in [-0.3, -0.25) is 14.4 Å². The van der Waals surface area contributed by atoms with E-state index in [0.717, 1.165) is 6.42 Å². The van der Waals surface area contributed by atoms with E-state index in [9.17, 15) is 29.7 Å². The minimum absolute atomic E-state index is 0.00731. The maximum atomic E-state index is 14.7. The number of rotatable bonds is 14. The van der Waals surface area contributed by atoms with Crippen molar-refractivity contribution in [2.45, 2.75) is 226 Å². The Morgan fingerprint density at radius 3 is 2.13 bits per heavy atom. The largest absolute Gasteiger partial charge is 0.481 e. The predicted octanol–water partition coefficient (Wildman–Crippen LogP) is 7.75. The number of ether oxygens (including phenoxy) is 5. The third kappa shape index (κ3) is 9.90. The molecule has 0 aromatic rings. The summed E-state index contributed by atoms with van der Waals surface area (Å²) in [4.78, 5) is 40.2. The lowest BCUT2D eigenvalue weighted by Gasteiger charge is -2.55. The highest BCUT2D eigenvalue weighted by Crippen LogP contribution is 2.54. The van der Waals surface area contributed by atoms with Crippen molar-refractivity contribution in [3.05, 3.63) is 12.2 Å². The summed E-state index contributed by atoms with van der Waals surface area (Å²) in [6, 6.07) is -0.616. The molecule has 344 valence electrons. The monoisotopic (exact) mass is 848 g/mol. The van der Waals surface area contributed by atoms with Gasteiger partial charge in [0.15, 0.2) is 11.6 Å². The molecule has 1 amide bonds. The van der Waals surface area contributed by atoms with Gasteiger partial charge in [0.2, 0.25) is 5.91 Å². The smallest absolute Gasteiger partial charge is 0.309 e. The topological polar surface area (TPSA) is 170 Å². The number of hydrogen-bond donors (Lipinski definition) is 4. The van der Waals surface area contributed by atoms with E-state index in [1.165, 1.54) is 0 Å². The molecular weight excluding hydrogens is 767 g/mol. The second-order valence-corrected chi connectivity index (χ2v) is 21.3. The van der Waals surface area contributed by atoms with Crippen molar-refractivity contribution in [3.8, 4) is 0 Å². The first-order valence-corrected chi connectivity index (χ1v) is 23.4. The number of carbonyl (C=O) groups excluding carboxylic acids is 2. The molecule has 0 bridgehead atoms. The quantitative estimate of drug-likeness (QED) is 0.126. The molecular formula is C48H81NO11. The van der Waals surface area contributed by atoms with E-state index in [0.29, 0.717) is 64.2 Å². The first kappa shape index (κ1) is 49.1. The van der Waals surface area contributed by atoms with Gasteiger partial charge in [-0.05, 0) is 95.0 Å². The van der Waals surface area contributed by atoms with E-state index in [1.807, 2.05) is 74.5 Å². The maximum Gasteiger partial charge on any atom is 0.309 e. The lowest BCUT2D eigenvalue weighted by atomic mass is 9.72. The molecule has 2 unspecified atom stereocenters. The van der Waals surface area contributed by atoms with E-state index in [4.69, 9.17) is 23.7 Å². The normalized spacial score (nSPS) is 42.4. The minimum Gasteiger partial charge on any atom is -0.481 e. The fourth-order valence-electron chi connectivity index (χ4n) is 11.4. The van der Waals surface area contributed by atoms with E-state index in [1.54, 1.807) is 6.92 Å². The lowest BCUT2D eigenvalue weighted by molar-refractivity contribution is -0.398. The average molecular weight is 848 g/mol. The van der Waals surface area contributed by atoms with Gasteiger partial charge in [0, 0.05) is 36.5 Å². The van der Waals surface area contributed by atoms with Gasteiger partial charge >= 0.3 is 5.97 Å². The summed E-state index contributed by atoms with van der Waals surface area (Å²) in [7, 11) is 0. The van der Waals surface area contributed by atoms with Gasteiger partial charge in [-0.15, -0.1) is 0 Å². The van der Waals surface area contributed by atoms with Crippen LogP contribution in [0.1, 0.15) is 161 Å². The zero-order valence-corrected chi connectivity index (χ0v) is 39.1. The molecule has 0 aliphatic carbocycles. The number of aliphatic carboxylic acids is 1. The summed E-state index contributed by atoms with van der Waals surface area (Å²) in [5, 5.41) is 36.2. The predicted molar refractivity (Wildman–Crippen MR) is 229 cm³/mol. The van der Waals surface area contributed by atoms with E-state index < -0.39 is 76.8 Å². The van der Waals surface area contributed by atoms with Crippen molar-refractivity contribution < 1.29 is 53.4 Å². The molecule has 12 heteroatoms. The SMILES string of the molecule is CCC(C(=O)[C@@H](C)[C@@H](O)[C@H](C)[C@@H]1O[C@@H]([C@@H](CC)C(=O)O)CC[C@@H]1C)[C@H]1O[C@]2(C=CC(NC(=O)CC(C)(C)C)[C@]3(CC[C@@](C)([C@H]4CC[C@](O)(CC)[C@H](C)O4)O3)O2)[C@H](C)C[C@@H]1C. The molecule has 18 atom stereocenters. The Bertz CT molecular complexity index is 1550. The first-order chi connectivity index (χ1) is 27.9. The number of aliphatic hydroxyl groups is 2. The molecule has 4 fully saturated rings. The van der Waals surface area contributed by atoms with Gasteiger partial charge in [0.1, 0.15) is 11.8 Å². The van der Waals surface area contributed by atoms with Crippen LogP contribution < -0.4 is 5.32 Å². The van der Waals surface area contributed by atoms with Gasteiger partial charge in [-0.2, -0.15) is 0 Å². The van der Waals surface area contributed by atoms with Gasteiger partial charge < -0.3 is 44.3 Å². The zero-order chi connectivity index (χ0) is 44.7. The molecule has 0 saturated carbocycles. The van der Waals surface area contributed by atoms with Crippen LogP contribution in [0, 0.1) is 46.8 Å². The van der Waals surface area contributed by atoms with E-state index >= 15 is 0 Å². The minimum atomic E-state index is -1.29. The van der Waals surface area contributed by atoms with Crippen molar-refractivity contribution in [1.82, 2.24) is 5.32 Å². The van der Waals surface area contributed by atoms with Gasteiger partial charge in [-0.25, -0.2) is 0 Å². The molecule has 4 saturated heterocycles. The zero-order valence-electron chi connectivity index (χ0n) is 39.1. The third-order valence-corrected chi connectivity index (χ3v) is 15.5. The molecule has 0 aromatic carbocycles. The molecule has 0 aromatic heterocycles. The average Bonchev–Trinajstić information content (AvgIpc) is 3.52. The molecule has 5 heterocycles. The summed E-state index contributed by atoms with van der Waals surface area (Å²) < 4.78 is 34.6. The fourth-order valence-corrected chi connectivity index (χ4v) is 11.4. The second kappa shape index (κ2) is 18.7. The highest BCUT2D eigenvalue weighted by Gasteiger charge is 2.63. The number of carboxylic acids is 1. The van der Waals surface area contributed by atoms with Crippen molar-refractivity contribution in [2.75, 3.05) is 0 Å². The fraction of sp³-hybridized carbons (Fsp3) is 0.896. The maximum absolute atomic E-state index is 14.7. The van der Waals surface area contributed by atoms with Crippen LogP contribution in [0.3, 0.4) is 0 Å². The standard InChI is InChI=1S/C48H81NO11/c1-14-33(43(53)54)35-18-17-27(4)41(57-35)31(8)39(51)30(7)40(52)34(15-2)42-28(5)25-29(6)47(58-42)22-19-36(49-38(50)26-44(10,11)12)48(60-47)24-23-45(13,59-48)37-20-21-46(55,16-3)32(9)56-37/h19,22,27-37,39,41-42,51,55H,14-18,20-21,23-26H2,1-13H3,(H,49,50)(H,53,54)/t27-,28-,29+,30-,31-,32-,33+,34?,35+,36?,37+,39+,41+,42-,45-,46+,47-,48-/m0/s1. The Labute approximate surface area is 360 Å². The van der Waals surface area contributed by atoms with Crippen molar-refractivity contribution in [2.24, 2.45) is 46.8 Å². The van der Waals surface area contributed by atoms with Crippen molar-refractivity contribution >= 4 is 17.7 Å². The Balaban J connectivity index is 1.40.